The molecule has 0 aliphatic heterocycles. The van der Waals surface area contributed by atoms with Crippen LogP contribution in [-0.4, -0.2) is 45.2 Å². The molecule has 1 radical (unpaired) electrons. The molecule has 0 saturated carbocycles. The Labute approximate surface area is 175 Å². The Morgan fingerprint density at radius 3 is 2.22 bits per heavy atom. The molecule has 2 aromatic carbocycles. The molecule has 0 aromatic heterocycles. The van der Waals surface area contributed by atoms with Crippen LogP contribution in [0.5, 0.6) is 17.2 Å². The summed E-state index contributed by atoms with van der Waals surface area (Å²) in [5.74, 6) is 2.53. The Kier molecular flexibility index (Phi) is 9.95. The second-order valence-corrected chi connectivity index (χ2v) is 7.74. The van der Waals surface area contributed by atoms with Gasteiger partial charge < -0.3 is 14.2 Å². The van der Waals surface area contributed by atoms with Crippen LogP contribution in [0.25, 0.3) is 0 Å². The smallest absolute Gasteiger partial charge is 0.193 e. The topological polar surface area (TPSA) is 44.8 Å². The van der Waals surface area contributed by atoms with Crippen LogP contribution in [0.4, 0.5) is 0 Å². The number of benzene rings is 2. The number of carbonyl (C=O) groups is 1. The third kappa shape index (κ3) is 6.58. The Morgan fingerprint density at radius 1 is 1.07 bits per heavy atom. The first-order chi connectivity index (χ1) is 12.5. The van der Waals surface area contributed by atoms with E-state index in [0.29, 0.717) is 29.6 Å². The van der Waals surface area contributed by atoms with Crippen LogP contribution in [0.2, 0.25) is 0 Å². The summed E-state index contributed by atoms with van der Waals surface area (Å²) in [7, 11) is 3.11. The van der Waals surface area contributed by atoms with Crippen LogP contribution in [0, 0.1) is 12.8 Å². The van der Waals surface area contributed by atoms with Gasteiger partial charge in [-0.2, -0.15) is 0 Å². The first kappa shape index (κ1) is 23.6. The molecule has 0 spiro atoms. The summed E-state index contributed by atoms with van der Waals surface area (Å²) in [6.45, 7) is 7.06. The minimum Gasteiger partial charge on any atom is -0.496 e. The average molecular weight is 381 g/mol. The molecule has 0 saturated heterocycles. The summed E-state index contributed by atoms with van der Waals surface area (Å²) in [6, 6.07) is 11.3. The summed E-state index contributed by atoms with van der Waals surface area (Å²) in [5.41, 5.74) is 1.54. The molecule has 0 bridgehead atoms. The molecule has 0 heterocycles. The average Bonchev–Trinajstić information content (AvgIpc) is 2.62. The Balaban J connectivity index is 0.00000364. The molecule has 0 aliphatic carbocycles. The van der Waals surface area contributed by atoms with Gasteiger partial charge >= 0.3 is 0 Å². The summed E-state index contributed by atoms with van der Waals surface area (Å²) >= 11 is 0. The second kappa shape index (κ2) is 11.4. The zero-order valence-electron chi connectivity index (χ0n) is 17.1. The van der Waals surface area contributed by atoms with Gasteiger partial charge in [0.15, 0.2) is 5.52 Å². The van der Waals surface area contributed by atoms with Gasteiger partial charge in [0.05, 0.1) is 20.8 Å². The van der Waals surface area contributed by atoms with E-state index in [9.17, 15) is 4.79 Å². The molecule has 0 aliphatic rings. The molecule has 141 valence electrons. The van der Waals surface area contributed by atoms with E-state index in [4.69, 9.17) is 14.2 Å². The van der Waals surface area contributed by atoms with Crippen molar-refractivity contribution in [1.29, 1.82) is 0 Å². The van der Waals surface area contributed by atoms with Gasteiger partial charge in [-0.3, -0.25) is 4.79 Å². The molecule has 2 aromatic rings. The van der Waals surface area contributed by atoms with Gasteiger partial charge in [-0.05, 0) is 63.0 Å². The number of ether oxygens (including phenoxy) is 3. The minimum atomic E-state index is -0.00639. The standard InChI is InChI=1S/C21H27O4P.Li/c1-14(2)11-12-25-16-9-10-19(15(3)13-16)26-21(22)20-17(23-4)7-6-8-18(20)24-5;/h6-10,13-14,26H,11-12H2,1-5H3;. The van der Waals surface area contributed by atoms with Crippen LogP contribution in [0.3, 0.4) is 0 Å². The fraction of sp³-hybridized carbons (Fsp3) is 0.381. The van der Waals surface area contributed by atoms with Crippen LogP contribution in [0.1, 0.15) is 36.2 Å². The number of hydrogen-bond donors (Lipinski definition) is 0. The maximum atomic E-state index is 12.9. The van der Waals surface area contributed by atoms with Gasteiger partial charge in [0, 0.05) is 18.9 Å². The van der Waals surface area contributed by atoms with Gasteiger partial charge in [0.2, 0.25) is 0 Å². The third-order valence-corrected chi connectivity index (χ3v) is 5.37. The van der Waals surface area contributed by atoms with Crippen LogP contribution < -0.4 is 19.5 Å². The summed E-state index contributed by atoms with van der Waals surface area (Å²) in [4.78, 5) is 12.9. The summed E-state index contributed by atoms with van der Waals surface area (Å²) in [5, 5.41) is 0.999. The number of aryl methyl sites for hydroxylation is 1. The number of hydrogen-bond acceptors (Lipinski definition) is 4. The molecule has 27 heavy (non-hydrogen) atoms. The van der Waals surface area contributed by atoms with Crippen molar-refractivity contribution in [2.24, 2.45) is 5.92 Å². The minimum absolute atomic E-state index is 0. The molecule has 1 unspecified atom stereocenters. The van der Waals surface area contributed by atoms with Gasteiger partial charge in [-0.1, -0.05) is 26.0 Å². The maximum Gasteiger partial charge on any atom is 0.193 e. The first-order valence-corrected chi connectivity index (χ1v) is 9.72. The van der Waals surface area contributed by atoms with Crippen molar-refractivity contribution in [2.45, 2.75) is 27.2 Å². The van der Waals surface area contributed by atoms with Crippen molar-refractivity contribution in [1.82, 2.24) is 0 Å². The van der Waals surface area contributed by atoms with Gasteiger partial charge in [0.25, 0.3) is 0 Å². The normalized spacial score (nSPS) is 10.7. The monoisotopic (exact) mass is 381 g/mol. The quantitative estimate of drug-likeness (QED) is 0.482. The molecule has 0 amide bonds. The van der Waals surface area contributed by atoms with E-state index in [1.54, 1.807) is 26.4 Å². The van der Waals surface area contributed by atoms with Crippen molar-refractivity contribution < 1.29 is 19.0 Å². The second-order valence-electron chi connectivity index (χ2n) is 6.50. The molecule has 6 heteroatoms. The van der Waals surface area contributed by atoms with Crippen LogP contribution >= 0.6 is 8.58 Å². The number of methoxy groups -OCH3 is 2. The van der Waals surface area contributed by atoms with E-state index in [0.717, 1.165) is 23.0 Å². The van der Waals surface area contributed by atoms with Crippen molar-refractivity contribution in [3.63, 3.8) is 0 Å². The predicted molar refractivity (Wildman–Crippen MR) is 114 cm³/mol. The summed E-state index contributed by atoms with van der Waals surface area (Å²) < 4.78 is 16.5. The Bertz CT molecular complexity index is 740. The molecular formula is C21H27LiO4P. The molecule has 0 fully saturated rings. The third-order valence-electron chi connectivity index (χ3n) is 4.06. The zero-order valence-corrected chi connectivity index (χ0v) is 18.1. The van der Waals surface area contributed by atoms with Crippen molar-refractivity contribution in [3.8, 4) is 17.2 Å². The SMILES string of the molecule is COc1cccc(OC)c1C(=O)Pc1ccc(OCCC(C)C)cc1C.[Li]. The van der Waals surface area contributed by atoms with E-state index in [1.807, 2.05) is 31.2 Å². The molecule has 2 rings (SSSR count). The van der Waals surface area contributed by atoms with Gasteiger partial charge in [-0.15, -0.1) is 0 Å². The molecule has 1 atom stereocenters. The van der Waals surface area contributed by atoms with E-state index in [-0.39, 0.29) is 33.0 Å². The Morgan fingerprint density at radius 2 is 1.70 bits per heavy atom. The molecule has 4 nitrogen and oxygen atoms in total. The number of carbonyl (C=O) groups excluding carboxylic acids is 1. The van der Waals surface area contributed by atoms with E-state index in [1.165, 1.54) is 0 Å². The van der Waals surface area contributed by atoms with Crippen molar-refractivity contribution >= 4 is 38.3 Å². The summed E-state index contributed by atoms with van der Waals surface area (Å²) in [6.07, 6.45) is 1.02. The van der Waals surface area contributed by atoms with E-state index < -0.39 is 0 Å². The van der Waals surface area contributed by atoms with Crippen LogP contribution in [0.15, 0.2) is 36.4 Å². The number of rotatable bonds is 9. The fourth-order valence-corrected chi connectivity index (χ4v) is 3.59. The maximum absolute atomic E-state index is 12.9. The van der Waals surface area contributed by atoms with E-state index in [2.05, 4.69) is 13.8 Å². The fourth-order valence-electron chi connectivity index (χ4n) is 2.54. The first-order valence-electron chi connectivity index (χ1n) is 8.72. The van der Waals surface area contributed by atoms with Gasteiger partial charge in [-0.25, -0.2) is 0 Å². The molecular weight excluding hydrogens is 354 g/mol. The predicted octanol–water partition coefficient (Wildman–Crippen LogP) is 4.20. The zero-order chi connectivity index (χ0) is 19.1. The molecule has 0 N–H and O–H groups in total. The van der Waals surface area contributed by atoms with E-state index >= 15 is 0 Å². The van der Waals surface area contributed by atoms with Crippen molar-refractivity contribution in [2.75, 3.05) is 20.8 Å². The van der Waals surface area contributed by atoms with Gasteiger partial charge in [0.1, 0.15) is 22.8 Å². The largest absolute Gasteiger partial charge is 0.496 e. The Hall–Kier alpha value is -1.46. The van der Waals surface area contributed by atoms with Crippen LogP contribution in [-0.2, 0) is 0 Å². The van der Waals surface area contributed by atoms with Crippen molar-refractivity contribution in [3.05, 3.63) is 47.5 Å².